The van der Waals surface area contributed by atoms with Crippen molar-refractivity contribution in [1.29, 1.82) is 0 Å². The first-order chi connectivity index (χ1) is 8.81. The van der Waals surface area contributed by atoms with Crippen LogP contribution in [0.25, 0.3) is 5.57 Å². The third-order valence-electron chi connectivity index (χ3n) is 4.42. The Hall–Kier alpha value is -1.83. The smallest absolute Gasteiger partial charge is 0.256 e. The van der Waals surface area contributed by atoms with E-state index in [2.05, 4.69) is 23.5 Å². The highest BCUT2D eigenvalue weighted by Crippen LogP contribution is 2.45. The summed E-state index contributed by atoms with van der Waals surface area (Å²) in [5.41, 5.74) is 2.89. The number of benzene rings is 1. The summed E-state index contributed by atoms with van der Waals surface area (Å²) in [4.78, 5) is 12.0. The molecule has 3 atom stereocenters. The van der Waals surface area contributed by atoms with E-state index in [1.165, 1.54) is 12.8 Å². The van der Waals surface area contributed by atoms with E-state index in [4.69, 9.17) is 0 Å². The molecule has 2 heteroatoms. The minimum Gasteiger partial charge on any atom is -0.321 e. The van der Waals surface area contributed by atoms with E-state index in [0.29, 0.717) is 11.8 Å². The number of hydrogen-bond acceptors (Lipinski definition) is 1. The Morgan fingerprint density at radius 1 is 1.17 bits per heavy atom. The van der Waals surface area contributed by atoms with Gasteiger partial charge in [0.05, 0.1) is 0 Å². The summed E-state index contributed by atoms with van der Waals surface area (Å²) in [5, 5.41) is 2.94. The molecule has 1 aromatic carbocycles. The number of rotatable bonds is 1. The quantitative estimate of drug-likeness (QED) is 0.589. The number of hydrogen-bond donors (Lipinski definition) is 1. The van der Waals surface area contributed by atoms with Crippen molar-refractivity contribution < 1.29 is 4.79 Å². The average Bonchev–Trinajstić information content (AvgIpc) is 3.05. The van der Waals surface area contributed by atoms with Crippen molar-refractivity contribution in [2.75, 3.05) is 5.32 Å². The number of carbonyl (C=O) groups excluding carboxylic acids is 1. The maximum absolute atomic E-state index is 12.0. The molecular formula is C16H15NO. The molecule has 3 aliphatic rings. The molecule has 4 rings (SSSR count). The highest BCUT2D eigenvalue weighted by molar-refractivity contribution is 6.31. The molecule has 2 nitrogen and oxygen atoms in total. The van der Waals surface area contributed by atoms with Gasteiger partial charge in [-0.15, -0.1) is 0 Å². The molecule has 2 bridgehead atoms. The maximum Gasteiger partial charge on any atom is 0.256 e. The van der Waals surface area contributed by atoms with Crippen LogP contribution in [0.3, 0.4) is 0 Å². The maximum atomic E-state index is 12.0. The van der Waals surface area contributed by atoms with Crippen LogP contribution in [0.2, 0.25) is 0 Å². The predicted octanol–water partition coefficient (Wildman–Crippen LogP) is 3.23. The van der Waals surface area contributed by atoms with E-state index >= 15 is 0 Å². The molecule has 0 saturated heterocycles. The van der Waals surface area contributed by atoms with Gasteiger partial charge in [-0.1, -0.05) is 36.4 Å². The molecule has 1 saturated carbocycles. The first kappa shape index (κ1) is 10.1. The summed E-state index contributed by atoms with van der Waals surface area (Å²) >= 11 is 0. The zero-order valence-corrected chi connectivity index (χ0v) is 10.1. The molecule has 2 aliphatic carbocycles. The molecule has 0 spiro atoms. The summed E-state index contributed by atoms with van der Waals surface area (Å²) in [5.74, 6) is 2.01. The van der Waals surface area contributed by atoms with E-state index in [9.17, 15) is 4.79 Å². The number of amides is 1. The zero-order chi connectivity index (χ0) is 12.1. The lowest BCUT2D eigenvalue weighted by molar-refractivity contribution is -0.110. The molecule has 1 fully saturated rings. The van der Waals surface area contributed by atoms with Crippen molar-refractivity contribution >= 4 is 17.2 Å². The lowest BCUT2D eigenvalue weighted by Crippen LogP contribution is -2.08. The van der Waals surface area contributed by atoms with Gasteiger partial charge in [-0.3, -0.25) is 4.79 Å². The number of fused-ring (bicyclic) bond motifs is 3. The molecule has 0 unspecified atom stereocenters. The first-order valence-electron chi connectivity index (χ1n) is 6.62. The summed E-state index contributed by atoms with van der Waals surface area (Å²) in [6.45, 7) is 0. The van der Waals surface area contributed by atoms with Crippen LogP contribution in [-0.4, -0.2) is 5.91 Å². The molecule has 1 heterocycles. The van der Waals surface area contributed by atoms with Crippen molar-refractivity contribution in [3.05, 3.63) is 48.1 Å². The minimum atomic E-state index is 0.0583. The molecule has 18 heavy (non-hydrogen) atoms. The number of nitrogens with one attached hydrogen (secondary N) is 1. The van der Waals surface area contributed by atoms with Crippen LogP contribution in [0, 0.1) is 17.8 Å². The largest absolute Gasteiger partial charge is 0.321 e. The fourth-order valence-corrected chi connectivity index (χ4v) is 3.53. The molecule has 1 N–H and O–H groups in total. The Balaban J connectivity index is 1.73. The molecular weight excluding hydrogens is 222 g/mol. The highest BCUT2D eigenvalue weighted by atomic mass is 16.2. The summed E-state index contributed by atoms with van der Waals surface area (Å²) in [7, 11) is 0. The van der Waals surface area contributed by atoms with Crippen molar-refractivity contribution in [3.8, 4) is 0 Å². The number of allylic oxidation sites excluding steroid dienone is 3. The average molecular weight is 237 g/mol. The normalized spacial score (nSPS) is 34.1. The predicted molar refractivity (Wildman–Crippen MR) is 71.9 cm³/mol. The van der Waals surface area contributed by atoms with Crippen LogP contribution in [0.1, 0.15) is 18.4 Å². The molecule has 90 valence electrons. The Morgan fingerprint density at radius 3 is 2.83 bits per heavy atom. The molecule has 0 aromatic heterocycles. The summed E-state index contributed by atoms with van der Waals surface area (Å²) in [6, 6.07) is 7.95. The Labute approximate surface area is 106 Å². The van der Waals surface area contributed by atoms with Crippen LogP contribution in [-0.2, 0) is 4.79 Å². The van der Waals surface area contributed by atoms with Gasteiger partial charge in [0.25, 0.3) is 5.91 Å². The van der Waals surface area contributed by atoms with Gasteiger partial charge >= 0.3 is 0 Å². The minimum absolute atomic E-state index is 0.0583. The van der Waals surface area contributed by atoms with Crippen LogP contribution in [0.5, 0.6) is 0 Å². The van der Waals surface area contributed by atoms with Gasteiger partial charge in [-0.25, -0.2) is 0 Å². The first-order valence-corrected chi connectivity index (χ1v) is 6.62. The standard InChI is InChI=1S/C16H15NO/c18-16-14(13-3-1-2-4-15(13)17-16)9-12-8-10-5-6-11(12)7-10/h1-6,9-12H,7-8H2,(H,17,18)/t10-,11+,12-/m1/s1. The fraction of sp³-hybridized carbons (Fsp3) is 0.312. The van der Waals surface area contributed by atoms with Crippen molar-refractivity contribution in [1.82, 2.24) is 0 Å². The zero-order valence-electron chi connectivity index (χ0n) is 10.1. The van der Waals surface area contributed by atoms with Gasteiger partial charge in [-0.05, 0) is 36.7 Å². The lowest BCUT2D eigenvalue weighted by Gasteiger charge is -2.14. The van der Waals surface area contributed by atoms with Crippen molar-refractivity contribution in [3.63, 3.8) is 0 Å². The van der Waals surface area contributed by atoms with Gasteiger partial charge in [0.2, 0.25) is 0 Å². The van der Waals surface area contributed by atoms with E-state index < -0.39 is 0 Å². The van der Waals surface area contributed by atoms with Gasteiger partial charge in [-0.2, -0.15) is 0 Å². The SMILES string of the molecule is O=C1Nc2ccccc2C1=C[C@H]1C[C@@H]2C=C[C@H]1C2. The number of para-hydroxylation sites is 1. The number of carbonyl (C=O) groups is 1. The Kier molecular flexibility index (Phi) is 2.01. The summed E-state index contributed by atoms with van der Waals surface area (Å²) < 4.78 is 0. The molecule has 1 amide bonds. The molecule has 1 aromatic rings. The lowest BCUT2D eigenvalue weighted by atomic mass is 9.90. The van der Waals surface area contributed by atoms with Gasteiger partial charge in [0.15, 0.2) is 0 Å². The van der Waals surface area contributed by atoms with Gasteiger partial charge < -0.3 is 5.32 Å². The third kappa shape index (κ3) is 1.38. The van der Waals surface area contributed by atoms with Crippen molar-refractivity contribution in [2.45, 2.75) is 12.8 Å². The second kappa shape index (κ2) is 3.58. The second-order valence-corrected chi connectivity index (χ2v) is 5.52. The monoisotopic (exact) mass is 237 g/mol. The Morgan fingerprint density at radius 2 is 2.06 bits per heavy atom. The van der Waals surface area contributed by atoms with Crippen LogP contribution >= 0.6 is 0 Å². The van der Waals surface area contributed by atoms with Crippen LogP contribution < -0.4 is 5.32 Å². The van der Waals surface area contributed by atoms with E-state index in [0.717, 1.165) is 22.7 Å². The molecule has 1 aliphatic heterocycles. The van der Waals surface area contributed by atoms with Gasteiger partial charge in [0, 0.05) is 16.8 Å². The Bertz CT molecular complexity index is 585. The van der Waals surface area contributed by atoms with E-state index in [-0.39, 0.29) is 5.91 Å². The van der Waals surface area contributed by atoms with Gasteiger partial charge in [0.1, 0.15) is 0 Å². The number of anilines is 1. The van der Waals surface area contributed by atoms with Crippen molar-refractivity contribution in [2.24, 2.45) is 17.8 Å². The van der Waals surface area contributed by atoms with E-state index in [1.807, 2.05) is 24.3 Å². The van der Waals surface area contributed by atoms with Crippen LogP contribution in [0.4, 0.5) is 5.69 Å². The second-order valence-electron chi connectivity index (χ2n) is 5.52. The van der Waals surface area contributed by atoms with Crippen LogP contribution in [0.15, 0.2) is 42.5 Å². The third-order valence-corrected chi connectivity index (χ3v) is 4.42. The molecule has 0 radical (unpaired) electrons. The summed E-state index contributed by atoms with van der Waals surface area (Å²) in [6.07, 6.45) is 9.35. The fourth-order valence-electron chi connectivity index (χ4n) is 3.53. The topological polar surface area (TPSA) is 29.1 Å². The highest BCUT2D eigenvalue weighted by Gasteiger charge is 2.36. The van der Waals surface area contributed by atoms with E-state index in [1.54, 1.807) is 0 Å².